The van der Waals surface area contributed by atoms with Crippen molar-refractivity contribution in [3.63, 3.8) is 0 Å². The lowest BCUT2D eigenvalue weighted by atomic mass is 9.97. The molecule has 1 rings (SSSR count). The summed E-state index contributed by atoms with van der Waals surface area (Å²) in [6.07, 6.45) is -1.83. The molecule has 0 radical (unpaired) electrons. The number of ether oxygens (including phenoxy) is 2. The van der Waals surface area contributed by atoms with Gasteiger partial charge in [-0.15, -0.1) is 0 Å². The molecule has 0 aromatic heterocycles. The Balaban J connectivity index is 2.85. The summed E-state index contributed by atoms with van der Waals surface area (Å²) in [7, 11) is 0. The quantitative estimate of drug-likeness (QED) is 0.479. The summed E-state index contributed by atoms with van der Waals surface area (Å²) in [5.74, 6) is -1.72. The van der Waals surface area contributed by atoms with E-state index in [2.05, 4.69) is 5.32 Å². The van der Waals surface area contributed by atoms with Crippen LogP contribution in [0.5, 0.6) is 0 Å². The summed E-state index contributed by atoms with van der Waals surface area (Å²) in [6, 6.07) is 6.12. The van der Waals surface area contributed by atoms with Crippen LogP contribution in [0.1, 0.15) is 59.1 Å². The summed E-state index contributed by atoms with van der Waals surface area (Å²) in [5.41, 5.74) is -0.0456. The van der Waals surface area contributed by atoms with Gasteiger partial charge in [-0.3, -0.25) is 9.59 Å². The third kappa shape index (κ3) is 8.17. The summed E-state index contributed by atoms with van der Waals surface area (Å²) < 4.78 is 10.6. The fourth-order valence-corrected chi connectivity index (χ4v) is 2.27. The zero-order valence-corrected chi connectivity index (χ0v) is 17.6. The van der Waals surface area contributed by atoms with E-state index in [0.29, 0.717) is 10.6 Å². The van der Waals surface area contributed by atoms with Crippen LogP contribution in [0, 0.1) is 11.3 Å². The van der Waals surface area contributed by atoms with Crippen LogP contribution in [0.4, 0.5) is 4.79 Å². The Morgan fingerprint density at radius 2 is 1.68 bits per heavy atom. The lowest BCUT2D eigenvalue weighted by Gasteiger charge is -2.26. The van der Waals surface area contributed by atoms with E-state index in [1.165, 1.54) is 0 Å². The number of aliphatic carboxylic acids is 1. The van der Waals surface area contributed by atoms with Crippen LogP contribution < -0.4 is 5.32 Å². The SMILES string of the molecule is CC(C)C(OC(=O)NC(CCC(=O)O)c1ccc(Cl)cc1)OC(=O)C(C)(C)C. The maximum absolute atomic E-state index is 12.4. The molecule has 0 aliphatic rings. The molecule has 0 fully saturated rings. The maximum atomic E-state index is 12.4. The first-order chi connectivity index (χ1) is 12.9. The van der Waals surface area contributed by atoms with Gasteiger partial charge in [0.05, 0.1) is 11.5 Å². The lowest BCUT2D eigenvalue weighted by Crippen LogP contribution is -2.38. The third-order valence-electron chi connectivity index (χ3n) is 3.81. The standard InChI is InChI=1S/C20H28ClNO6/c1-12(2)17(27-18(25)20(3,4)5)28-19(26)22-15(10-11-16(23)24)13-6-8-14(21)9-7-13/h6-9,12,15,17H,10-11H2,1-5H3,(H,22,26)(H,23,24). The average molecular weight is 414 g/mol. The van der Waals surface area contributed by atoms with Crippen molar-refractivity contribution < 1.29 is 29.0 Å². The largest absolute Gasteiger partial charge is 0.481 e. The van der Waals surface area contributed by atoms with Crippen molar-refractivity contribution in [2.45, 2.75) is 59.8 Å². The molecule has 0 saturated heterocycles. The highest BCUT2D eigenvalue weighted by Crippen LogP contribution is 2.23. The number of carboxylic acid groups (broad SMARTS) is 1. The minimum Gasteiger partial charge on any atom is -0.481 e. The molecule has 8 heteroatoms. The van der Waals surface area contributed by atoms with Gasteiger partial charge in [-0.05, 0) is 44.9 Å². The van der Waals surface area contributed by atoms with Crippen LogP contribution in [0.3, 0.4) is 0 Å². The van der Waals surface area contributed by atoms with Crippen LogP contribution in [0.15, 0.2) is 24.3 Å². The number of alkyl carbamates (subject to hydrolysis) is 1. The number of hydrogen-bond donors (Lipinski definition) is 2. The molecule has 156 valence electrons. The van der Waals surface area contributed by atoms with Crippen LogP contribution in [-0.4, -0.2) is 29.4 Å². The van der Waals surface area contributed by atoms with Gasteiger partial charge in [0.1, 0.15) is 0 Å². The van der Waals surface area contributed by atoms with Crippen molar-refractivity contribution in [2.24, 2.45) is 11.3 Å². The fraction of sp³-hybridized carbons (Fsp3) is 0.550. The van der Waals surface area contributed by atoms with E-state index in [0.717, 1.165) is 0 Å². The molecule has 28 heavy (non-hydrogen) atoms. The molecule has 0 aliphatic heterocycles. The van der Waals surface area contributed by atoms with Crippen molar-refractivity contribution in [1.29, 1.82) is 0 Å². The predicted molar refractivity (Wildman–Crippen MR) is 105 cm³/mol. The second kappa shape index (κ2) is 10.3. The molecule has 2 atom stereocenters. The Hall–Kier alpha value is -2.28. The van der Waals surface area contributed by atoms with Gasteiger partial charge in [0.25, 0.3) is 6.29 Å². The van der Waals surface area contributed by atoms with E-state index in [1.54, 1.807) is 58.9 Å². The normalized spacial score (nSPS) is 13.5. The van der Waals surface area contributed by atoms with E-state index in [1.807, 2.05) is 0 Å². The van der Waals surface area contributed by atoms with Crippen molar-refractivity contribution in [3.05, 3.63) is 34.9 Å². The zero-order valence-electron chi connectivity index (χ0n) is 16.8. The van der Waals surface area contributed by atoms with Crippen molar-refractivity contribution in [3.8, 4) is 0 Å². The minimum atomic E-state index is -1.06. The van der Waals surface area contributed by atoms with Gasteiger partial charge in [0, 0.05) is 17.4 Å². The van der Waals surface area contributed by atoms with Gasteiger partial charge in [-0.25, -0.2) is 4.79 Å². The molecule has 0 saturated carbocycles. The molecule has 2 N–H and O–H groups in total. The van der Waals surface area contributed by atoms with Crippen molar-refractivity contribution in [2.75, 3.05) is 0 Å². The number of carboxylic acids is 1. The lowest BCUT2D eigenvalue weighted by molar-refractivity contribution is -0.184. The van der Waals surface area contributed by atoms with E-state index in [9.17, 15) is 14.4 Å². The monoisotopic (exact) mass is 413 g/mol. The van der Waals surface area contributed by atoms with Gasteiger partial charge in [0.2, 0.25) is 0 Å². The number of halogens is 1. The molecule has 7 nitrogen and oxygen atoms in total. The summed E-state index contributed by atoms with van der Waals surface area (Å²) in [4.78, 5) is 35.4. The zero-order chi connectivity index (χ0) is 21.5. The van der Waals surface area contributed by atoms with E-state index >= 15 is 0 Å². The Bertz CT molecular complexity index is 681. The molecular formula is C20H28ClNO6. The van der Waals surface area contributed by atoms with Gasteiger partial charge >= 0.3 is 18.0 Å². The predicted octanol–water partition coefficient (Wildman–Crippen LogP) is 4.54. The number of hydrogen-bond acceptors (Lipinski definition) is 5. The highest BCUT2D eigenvalue weighted by molar-refractivity contribution is 6.30. The first-order valence-corrected chi connectivity index (χ1v) is 9.43. The first kappa shape index (κ1) is 23.8. The molecule has 1 aromatic carbocycles. The second-order valence-corrected chi connectivity index (χ2v) is 8.29. The number of carbonyl (C=O) groups is 3. The average Bonchev–Trinajstić information content (AvgIpc) is 2.57. The van der Waals surface area contributed by atoms with Gasteiger partial charge < -0.3 is 19.9 Å². The number of amides is 1. The smallest absolute Gasteiger partial charge is 0.410 e. The number of carbonyl (C=O) groups excluding carboxylic acids is 2. The molecule has 0 bridgehead atoms. The first-order valence-electron chi connectivity index (χ1n) is 9.05. The van der Waals surface area contributed by atoms with Gasteiger partial charge in [-0.1, -0.05) is 37.6 Å². The third-order valence-corrected chi connectivity index (χ3v) is 4.07. The highest BCUT2D eigenvalue weighted by Gasteiger charge is 2.30. The summed E-state index contributed by atoms with van der Waals surface area (Å²) in [6.45, 7) is 8.63. The Morgan fingerprint density at radius 1 is 1.11 bits per heavy atom. The van der Waals surface area contributed by atoms with Crippen molar-refractivity contribution >= 4 is 29.6 Å². The van der Waals surface area contributed by atoms with Crippen LogP contribution in [0.25, 0.3) is 0 Å². The van der Waals surface area contributed by atoms with Crippen LogP contribution in [-0.2, 0) is 19.1 Å². The number of nitrogens with one attached hydrogen (secondary N) is 1. The Kier molecular flexibility index (Phi) is 8.75. The van der Waals surface area contributed by atoms with Gasteiger partial charge in [-0.2, -0.15) is 0 Å². The van der Waals surface area contributed by atoms with Gasteiger partial charge in [0.15, 0.2) is 0 Å². The molecule has 0 heterocycles. The molecule has 0 spiro atoms. The molecule has 2 unspecified atom stereocenters. The van der Waals surface area contributed by atoms with E-state index in [-0.39, 0.29) is 18.8 Å². The summed E-state index contributed by atoms with van der Waals surface area (Å²) in [5, 5.41) is 12.1. The van der Waals surface area contributed by atoms with Crippen molar-refractivity contribution in [1.82, 2.24) is 5.32 Å². The molecule has 1 aromatic rings. The highest BCUT2D eigenvalue weighted by atomic mass is 35.5. The van der Waals surface area contributed by atoms with Crippen LogP contribution >= 0.6 is 11.6 Å². The molecular weight excluding hydrogens is 386 g/mol. The Labute approximate surface area is 170 Å². The number of esters is 1. The number of rotatable bonds is 8. The molecule has 1 amide bonds. The minimum absolute atomic E-state index is 0.139. The fourth-order valence-electron chi connectivity index (χ4n) is 2.15. The van der Waals surface area contributed by atoms with E-state index in [4.69, 9.17) is 26.2 Å². The second-order valence-electron chi connectivity index (χ2n) is 7.85. The Morgan fingerprint density at radius 3 is 2.14 bits per heavy atom. The van der Waals surface area contributed by atoms with Crippen LogP contribution in [0.2, 0.25) is 5.02 Å². The molecule has 0 aliphatic carbocycles. The summed E-state index contributed by atoms with van der Waals surface area (Å²) >= 11 is 5.88. The maximum Gasteiger partial charge on any atom is 0.410 e. The van der Waals surface area contributed by atoms with E-state index < -0.39 is 35.8 Å². The number of benzene rings is 1. The topological polar surface area (TPSA) is 102 Å².